The van der Waals surface area contributed by atoms with Gasteiger partial charge in [0, 0.05) is 16.9 Å². The van der Waals surface area contributed by atoms with Crippen molar-refractivity contribution in [3.8, 4) is 0 Å². The lowest BCUT2D eigenvalue weighted by Crippen LogP contribution is -2.14. The van der Waals surface area contributed by atoms with Crippen LogP contribution in [0.3, 0.4) is 0 Å². The molecule has 0 spiro atoms. The van der Waals surface area contributed by atoms with Crippen molar-refractivity contribution in [2.24, 2.45) is 0 Å². The van der Waals surface area contributed by atoms with Crippen molar-refractivity contribution in [3.05, 3.63) is 57.9 Å². The number of benzene rings is 1. The fourth-order valence-electron chi connectivity index (χ4n) is 1.88. The minimum atomic E-state index is -1.03. The lowest BCUT2D eigenvalue weighted by molar-refractivity contribution is 0.0695. The van der Waals surface area contributed by atoms with Crippen LogP contribution >= 0.6 is 11.6 Å². The minimum Gasteiger partial charge on any atom is -0.478 e. The SMILES string of the molecule is Cc1cc(NC(=O)c2cc(Cl)ccn2)cc(C(=O)O)c1C. The normalized spacial score (nSPS) is 10.2. The quantitative estimate of drug-likeness (QED) is 0.912. The number of hydrogen-bond acceptors (Lipinski definition) is 3. The molecule has 2 aromatic rings. The lowest BCUT2D eigenvalue weighted by Gasteiger charge is -2.10. The highest BCUT2D eigenvalue weighted by atomic mass is 35.5. The van der Waals surface area contributed by atoms with E-state index in [1.165, 1.54) is 18.3 Å². The second-order valence-electron chi connectivity index (χ2n) is 4.58. The second-order valence-corrected chi connectivity index (χ2v) is 5.02. The van der Waals surface area contributed by atoms with E-state index in [4.69, 9.17) is 16.7 Å². The van der Waals surface area contributed by atoms with Crippen LogP contribution in [-0.2, 0) is 0 Å². The summed E-state index contributed by atoms with van der Waals surface area (Å²) in [5, 5.41) is 12.2. The molecule has 2 rings (SSSR count). The minimum absolute atomic E-state index is 0.157. The molecule has 1 aromatic heterocycles. The van der Waals surface area contributed by atoms with Gasteiger partial charge >= 0.3 is 5.97 Å². The van der Waals surface area contributed by atoms with E-state index in [0.717, 1.165) is 5.56 Å². The summed E-state index contributed by atoms with van der Waals surface area (Å²) >= 11 is 5.81. The van der Waals surface area contributed by atoms with E-state index in [9.17, 15) is 9.59 Å². The molecule has 0 bridgehead atoms. The average Bonchev–Trinajstić information content (AvgIpc) is 2.42. The van der Waals surface area contributed by atoms with Crippen molar-refractivity contribution in [2.75, 3.05) is 5.32 Å². The Kier molecular flexibility index (Phi) is 4.23. The Morgan fingerprint density at radius 1 is 1.24 bits per heavy atom. The molecule has 1 heterocycles. The third kappa shape index (κ3) is 3.38. The zero-order valence-electron chi connectivity index (χ0n) is 11.5. The molecule has 0 saturated heterocycles. The molecule has 6 heteroatoms. The first-order valence-corrected chi connectivity index (χ1v) is 6.53. The van der Waals surface area contributed by atoms with Crippen molar-refractivity contribution in [2.45, 2.75) is 13.8 Å². The number of carboxylic acid groups (broad SMARTS) is 1. The van der Waals surface area contributed by atoms with Crippen LogP contribution in [-0.4, -0.2) is 22.0 Å². The number of anilines is 1. The molecule has 0 unspecified atom stereocenters. The summed E-state index contributed by atoms with van der Waals surface area (Å²) in [6, 6.07) is 6.14. The number of halogens is 1. The van der Waals surface area contributed by atoms with Crippen molar-refractivity contribution in [1.29, 1.82) is 0 Å². The number of amides is 1. The molecular formula is C15H13ClN2O3. The highest BCUT2D eigenvalue weighted by Gasteiger charge is 2.13. The third-order valence-electron chi connectivity index (χ3n) is 3.11. The van der Waals surface area contributed by atoms with E-state index in [2.05, 4.69) is 10.3 Å². The van der Waals surface area contributed by atoms with E-state index >= 15 is 0 Å². The summed E-state index contributed by atoms with van der Waals surface area (Å²) in [6.07, 6.45) is 1.43. The molecule has 5 nitrogen and oxygen atoms in total. The smallest absolute Gasteiger partial charge is 0.336 e. The first-order chi connectivity index (χ1) is 9.88. The Labute approximate surface area is 126 Å². The van der Waals surface area contributed by atoms with E-state index in [0.29, 0.717) is 16.3 Å². The molecule has 0 radical (unpaired) electrons. The number of carboxylic acids is 1. The van der Waals surface area contributed by atoms with Gasteiger partial charge in [-0.25, -0.2) is 4.79 Å². The zero-order valence-corrected chi connectivity index (χ0v) is 12.2. The topological polar surface area (TPSA) is 79.3 Å². The number of aromatic nitrogens is 1. The Hall–Kier alpha value is -2.40. The van der Waals surface area contributed by atoms with Gasteiger partial charge < -0.3 is 10.4 Å². The average molecular weight is 305 g/mol. The van der Waals surface area contributed by atoms with Gasteiger partial charge in [0.1, 0.15) is 5.69 Å². The van der Waals surface area contributed by atoms with Crippen molar-refractivity contribution in [1.82, 2.24) is 4.98 Å². The van der Waals surface area contributed by atoms with Gasteiger partial charge in [0.2, 0.25) is 0 Å². The van der Waals surface area contributed by atoms with Gasteiger partial charge in [-0.05, 0) is 49.2 Å². The lowest BCUT2D eigenvalue weighted by atomic mass is 10.0. The van der Waals surface area contributed by atoms with Crippen molar-refractivity contribution >= 4 is 29.2 Å². The van der Waals surface area contributed by atoms with Crippen LogP contribution in [0.1, 0.15) is 32.0 Å². The maximum Gasteiger partial charge on any atom is 0.336 e. The van der Waals surface area contributed by atoms with Gasteiger partial charge in [0.05, 0.1) is 5.56 Å². The molecular weight excluding hydrogens is 292 g/mol. The monoisotopic (exact) mass is 304 g/mol. The van der Waals surface area contributed by atoms with Crippen LogP contribution in [0, 0.1) is 13.8 Å². The number of carbonyl (C=O) groups excluding carboxylic acids is 1. The Morgan fingerprint density at radius 3 is 2.57 bits per heavy atom. The maximum absolute atomic E-state index is 12.1. The maximum atomic E-state index is 12.1. The molecule has 0 aliphatic carbocycles. The Bertz CT molecular complexity index is 729. The summed E-state index contributed by atoms with van der Waals surface area (Å²) in [5.74, 6) is -1.48. The van der Waals surface area contributed by atoms with E-state index in [1.54, 1.807) is 26.0 Å². The second kappa shape index (κ2) is 5.93. The molecule has 0 aliphatic heterocycles. The summed E-state index contributed by atoms with van der Waals surface area (Å²) in [5.41, 5.74) is 2.18. The van der Waals surface area contributed by atoms with Gasteiger partial charge in [-0.2, -0.15) is 0 Å². The Morgan fingerprint density at radius 2 is 1.95 bits per heavy atom. The number of pyridine rings is 1. The standard InChI is InChI=1S/C15H13ClN2O3/c1-8-5-11(7-12(9(8)2)15(20)21)18-14(19)13-6-10(16)3-4-17-13/h3-7H,1-2H3,(H,18,19)(H,20,21). The summed E-state index contributed by atoms with van der Waals surface area (Å²) < 4.78 is 0. The van der Waals surface area contributed by atoms with Crippen LogP contribution in [0.15, 0.2) is 30.5 Å². The third-order valence-corrected chi connectivity index (χ3v) is 3.35. The van der Waals surface area contributed by atoms with Crippen LogP contribution in [0.2, 0.25) is 5.02 Å². The van der Waals surface area contributed by atoms with Gasteiger partial charge in [0.15, 0.2) is 0 Å². The molecule has 0 saturated carbocycles. The molecule has 0 aliphatic rings. The summed E-state index contributed by atoms with van der Waals surface area (Å²) in [4.78, 5) is 27.2. The largest absolute Gasteiger partial charge is 0.478 e. The van der Waals surface area contributed by atoms with E-state index < -0.39 is 11.9 Å². The predicted molar refractivity (Wildman–Crippen MR) is 80.1 cm³/mol. The zero-order chi connectivity index (χ0) is 15.6. The molecule has 21 heavy (non-hydrogen) atoms. The molecule has 0 fully saturated rings. The van der Waals surface area contributed by atoms with Crippen LogP contribution in [0.4, 0.5) is 5.69 Å². The first kappa shape index (κ1) is 15.0. The number of rotatable bonds is 3. The van der Waals surface area contributed by atoms with E-state index in [1.807, 2.05) is 0 Å². The molecule has 1 aromatic carbocycles. The number of nitrogens with one attached hydrogen (secondary N) is 1. The van der Waals surface area contributed by atoms with Crippen molar-refractivity contribution < 1.29 is 14.7 Å². The molecule has 0 atom stereocenters. The van der Waals surface area contributed by atoms with Gasteiger partial charge in [-0.3, -0.25) is 9.78 Å². The number of aryl methyl sites for hydroxylation is 1. The molecule has 108 valence electrons. The number of aromatic carboxylic acids is 1. The van der Waals surface area contributed by atoms with Gasteiger partial charge in [-0.15, -0.1) is 0 Å². The predicted octanol–water partition coefficient (Wildman–Crippen LogP) is 3.30. The molecule has 1 amide bonds. The summed E-state index contributed by atoms with van der Waals surface area (Å²) in [7, 11) is 0. The number of hydrogen-bond donors (Lipinski definition) is 2. The fraction of sp³-hybridized carbons (Fsp3) is 0.133. The highest BCUT2D eigenvalue weighted by molar-refractivity contribution is 6.30. The first-order valence-electron chi connectivity index (χ1n) is 6.16. The fourth-order valence-corrected chi connectivity index (χ4v) is 2.04. The highest BCUT2D eigenvalue weighted by Crippen LogP contribution is 2.20. The van der Waals surface area contributed by atoms with Crippen LogP contribution in [0.5, 0.6) is 0 Å². The van der Waals surface area contributed by atoms with Gasteiger partial charge in [0.25, 0.3) is 5.91 Å². The van der Waals surface area contributed by atoms with Crippen molar-refractivity contribution in [3.63, 3.8) is 0 Å². The number of carbonyl (C=O) groups is 2. The Balaban J connectivity index is 2.32. The summed E-state index contributed by atoms with van der Waals surface area (Å²) in [6.45, 7) is 3.51. The van der Waals surface area contributed by atoms with Crippen LogP contribution < -0.4 is 5.32 Å². The molecule has 2 N–H and O–H groups in total. The van der Waals surface area contributed by atoms with E-state index in [-0.39, 0.29) is 11.3 Å². The van der Waals surface area contributed by atoms with Gasteiger partial charge in [-0.1, -0.05) is 11.6 Å². The van der Waals surface area contributed by atoms with Crippen LogP contribution in [0.25, 0.3) is 0 Å². The number of nitrogens with zero attached hydrogens (tertiary/aromatic N) is 1.